The van der Waals surface area contributed by atoms with Crippen LogP contribution in [0.1, 0.15) is 37.8 Å². The predicted molar refractivity (Wildman–Crippen MR) is 148 cm³/mol. The van der Waals surface area contributed by atoms with Gasteiger partial charge >= 0.3 is 0 Å². The van der Waals surface area contributed by atoms with Gasteiger partial charge in [-0.15, -0.1) is 0 Å². The number of pyridine rings is 1. The Bertz CT molecular complexity index is 1540. The number of fused-ring (bicyclic) bond motifs is 3. The minimum Gasteiger partial charge on any atom is -0.369 e. The first-order chi connectivity index (χ1) is 17.7. The van der Waals surface area contributed by atoms with E-state index in [4.69, 9.17) is 14.5 Å². The number of rotatable bonds is 9. The van der Waals surface area contributed by atoms with E-state index in [-0.39, 0.29) is 17.6 Å². The number of carbonyl (C=O) groups excluding carboxylic acids is 1. The number of carbonyl (C=O) groups is 1. The highest BCUT2D eigenvalue weighted by atomic mass is 32.1. The van der Waals surface area contributed by atoms with Crippen molar-refractivity contribution in [1.82, 2.24) is 24.4 Å². The summed E-state index contributed by atoms with van der Waals surface area (Å²) in [5, 5.41) is 7.44. The van der Waals surface area contributed by atoms with E-state index in [0.717, 1.165) is 56.8 Å². The van der Waals surface area contributed by atoms with Gasteiger partial charge < -0.3 is 14.7 Å². The summed E-state index contributed by atoms with van der Waals surface area (Å²) < 4.78 is 7.49. The number of hydrogen-bond acceptors (Lipinski definition) is 8. The van der Waals surface area contributed by atoms with Gasteiger partial charge in [0.15, 0.2) is 4.96 Å². The summed E-state index contributed by atoms with van der Waals surface area (Å²) in [6.07, 6.45) is 2.68. The van der Waals surface area contributed by atoms with Crippen LogP contribution in [0, 0.1) is 0 Å². The molecule has 192 valence electrons. The predicted octanol–water partition coefficient (Wildman–Crippen LogP) is 5.22. The molecule has 0 bridgehead atoms. The fourth-order valence-electron chi connectivity index (χ4n) is 4.07. The van der Waals surface area contributed by atoms with Crippen molar-refractivity contribution in [1.29, 1.82) is 0 Å². The number of aromatic nitrogens is 4. The number of nitrogens with zero attached hydrogens (tertiary/aromatic N) is 5. The number of hydrogen-bond donors (Lipinski definition) is 1. The zero-order valence-electron chi connectivity index (χ0n) is 21.9. The van der Waals surface area contributed by atoms with Crippen LogP contribution in [0.5, 0.6) is 0 Å². The molecule has 37 heavy (non-hydrogen) atoms. The lowest BCUT2D eigenvalue weighted by molar-refractivity contribution is -0.117. The van der Waals surface area contributed by atoms with E-state index in [2.05, 4.69) is 60.7 Å². The van der Waals surface area contributed by atoms with E-state index in [1.54, 1.807) is 11.3 Å². The van der Waals surface area contributed by atoms with E-state index in [1.807, 2.05) is 42.6 Å². The molecular formula is C28H32N6O2S. The van der Waals surface area contributed by atoms with Gasteiger partial charge in [-0.3, -0.25) is 9.20 Å². The Balaban J connectivity index is 1.25. The van der Waals surface area contributed by atoms with Gasteiger partial charge in [-0.1, -0.05) is 61.5 Å². The quantitative estimate of drug-likeness (QED) is 0.287. The number of nitrogens with one attached hydrogen (secondary N) is 1. The smallest absolute Gasteiger partial charge is 0.196 e. The number of anilines is 1. The maximum atomic E-state index is 12.6. The van der Waals surface area contributed by atoms with Crippen LogP contribution < -0.4 is 5.32 Å². The number of ketones is 1. The van der Waals surface area contributed by atoms with Crippen LogP contribution >= 0.6 is 11.3 Å². The molecule has 0 saturated heterocycles. The molecule has 0 spiro atoms. The van der Waals surface area contributed by atoms with Gasteiger partial charge in [0.05, 0.1) is 23.3 Å². The first-order valence-corrected chi connectivity index (χ1v) is 13.2. The number of Topliss-reactive ketones (excluding diaryl/α,β-unsaturated/α-hetero) is 1. The highest BCUT2D eigenvalue weighted by molar-refractivity contribution is 7.23. The number of likely N-dealkylation sites (N-methyl/N-ethyl adjacent to an activating group) is 1. The Hall–Kier alpha value is -3.56. The second-order valence-corrected chi connectivity index (χ2v) is 11.6. The number of benzene rings is 1. The fraction of sp³-hybridized carbons (Fsp3) is 0.357. The molecule has 0 radical (unpaired) electrons. The molecule has 0 aliphatic heterocycles. The molecule has 0 saturated carbocycles. The number of thiazole rings is 1. The highest BCUT2D eigenvalue weighted by Gasteiger charge is 2.20. The van der Waals surface area contributed by atoms with Crippen LogP contribution in [0.4, 0.5) is 5.82 Å². The van der Waals surface area contributed by atoms with Crippen molar-refractivity contribution in [2.45, 2.75) is 39.0 Å². The second-order valence-electron chi connectivity index (χ2n) is 10.7. The molecule has 0 atom stereocenters. The maximum absolute atomic E-state index is 12.6. The minimum atomic E-state index is -0.125. The molecule has 0 fully saturated rings. The Labute approximate surface area is 220 Å². The molecular weight excluding hydrogens is 484 g/mol. The Morgan fingerprint density at radius 3 is 2.57 bits per heavy atom. The van der Waals surface area contributed by atoms with Gasteiger partial charge in [0.1, 0.15) is 22.2 Å². The molecule has 0 amide bonds. The topological polar surface area (TPSA) is 88.6 Å². The molecule has 9 heteroatoms. The van der Waals surface area contributed by atoms with E-state index in [1.165, 1.54) is 0 Å². The molecule has 5 aromatic rings. The molecule has 0 unspecified atom stereocenters. The van der Waals surface area contributed by atoms with Crippen molar-refractivity contribution >= 4 is 38.2 Å². The van der Waals surface area contributed by atoms with Gasteiger partial charge in [0.2, 0.25) is 0 Å². The first kappa shape index (κ1) is 25.1. The van der Waals surface area contributed by atoms with Crippen molar-refractivity contribution in [3.63, 3.8) is 0 Å². The molecule has 1 aromatic carbocycles. The van der Waals surface area contributed by atoms with E-state index in [9.17, 15) is 4.79 Å². The standard InChI is InChI=1S/C28H32N6O2S/c1-28(2,3)24-16-20(32-36-24)15-21(35)14-18-6-8-19(9-7-18)22-17-34-23-10-11-25(29-12-13-33(4)5)31-26(23)37-27(34)30-22/h6-11,16-17H,12-15H2,1-5H3,(H,29,31). The molecule has 4 heterocycles. The third-order valence-electron chi connectivity index (χ3n) is 6.15. The lowest BCUT2D eigenvalue weighted by atomic mass is 9.93. The SMILES string of the molecule is CN(C)CCNc1ccc2c(n1)sc1nc(-c3ccc(CC(=O)Cc4cc(C(C)(C)C)on4)cc3)cn12. The van der Waals surface area contributed by atoms with Crippen LogP contribution in [0.3, 0.4) is 0 Å². The third-order valence-corrected chi connectivity index (χ3v) is 7.12. The molecule has 4 aromatic heterocycles. The monoisotopic (exact) mass is 516 g/mol. The average molecular weight is 517 g/mol. The van der Waals surface area contributed by atoms with Crippen molar-refractivity contribution in [2.24, 2.45) is 0 Å². The fourth-order valence-corrected chi connectivity index (χ4v) is 5.05. The van der Waals surface area contributed by atoms with Gasteiger partial charge in [-0.05, 0) is 31.8 Å². The lowest BCUT2D eigenvalue weighted by Crippen LogP contribution is -2.21. The maximum Gasteiger partial charge on any atom is 0.196 e. The largest absolute Gasteiger partial charge is 0.369 e. The highest BCUT2D eigenvalue weighted by Crippen LogP contribution is 2.29. The van der Waals surface area contributed by atoms with Crippen LogP contribution in [0.25, 0.3) is 26.6 Å². The molecule has 8 nitrogen and oxygen atoms in total. The van der Waals surface area contributed by atoms with Crippen molar-refractivity contribution < 1.29 is 9.32 Å². The summed E-state index contributed by atoms with van der Waals surface area (Å²) in [5.74, 6) is 1.78. The molecule has 0 aliphatic carbocycles. The summed E-state index contributed by atoms with van der Waals surface area (Å²) in [5.41, 5.74) is 4.49. The zero-order chi connectivity index (χ0) is 26.2. The van der Waals surface area contributed by atoms with E-state index in [0.29, 0.717) is 12.1 Å². The summed E-state index contributed by atoms with van der Waals surface area (Å²) in [4.78, 5) is 26.2. The average Bonchev–Trinajstić information content (AvgIpc) is 3.54. The normalized spacial score (nSPS) is 12.2. The first-order valence-electron chi connectivity index (χ1n) is 12.4. The van der Waals surface area contributed by atoms with Gasteiger partial charge in [0.25, 0.3) is 0 Å². The minimum absolute atomic E-state index is 0.110. The summed E-state index contributed by atoms with van der Waals surface area (Å²) in [6, 6.07) is 14.0. The molecule has 0 aliphatic rings. The molecule has 1 N–H and O–H groups in total. The van der Waals surface area contributed by atoms with E-state index >= 15 is 0 Å². The van der Waals surface area contributed by atoms with Crippen LogP contribution in [-0.4, -0.2) is 57.4 Å². The Morgan fingerprint density at radius 2 is 1.86 bits per heavy atom. The third kappa shape index (κ3) is 5.73. The van der Waals surface area contributed by atoms with Crippen molar-refractivity contribution in [3.8, 4) is 11.3 Å². The Morgan fingerprint density at radius 1 is 1.08 bits per heavy atom. The van der Waals surface area contributed by atoms with Gasteiger partial charge in [-0.2, -0.15) is 0 Å². The van der Waals surface area contributed by atoms with Crippen LogP contribution in [0.2, 0.25) is 0 Å². The lowest BCUT2D eigenvalue weighted by Gasteiger charge is -2.12. The Kier molecular flexibility index (Phi) is 6.83. The van der Waals surface area contributed by atoms with Crippen LogP contribution in [-0.2, 0) is 23.1 Å². The van der Waals surface area contributed by atoms with Crippen molar-refractivity contribution in [3.05, 3.63) is 65.7 Å². The van der Waals surface area contributed by atoms with E-state index < -0.39 is 0 Å². The summed E-state index contributed by atoms with van der Waals surface area (Å²) >= 11 is 1.58. The zero-order valence-corrected chi connectivity index (χ0v) is 22.7. The van der Waals surface area contributed by atoms with Crippen LogP contribution in [0.15, 0.2) is 53.2 Å². The number of imidazole rings is 1. The van der Waals surface area contributed by atoms with Crippen molar-refractivity contribution in [2.75, 3.05) is 32.5 Å². The van der Waals surface area contributed by atoms with Gasteiger partial charge in [-0.25, -0.2) is 9.97 Å². The second kappa shape index (κ2) is 10.1. The molecule has 5 rings (SSSR count). The van der Waals surface area contributed by atoms with Gasteiger partial charge in [0, 0.05) is 42.8 Å². The summed E-state index contributed by atoms with van der Waals surface area (Å²) in [6.45, 7) is 7.98. The summed E-state index contributed by atoms with van der Waals surface area (Å²) in [7, 11) is 4.11.